The molecule has 0 aliphatic rings. The summed E-state index contributed by atoms with van der Waals surface area (Å²) in [6.07, 6.45) is 0. The Labute approximate surface area is 176 Å². The van der Waals surface area contributed by atoms with E-state index in [0.29, 0.717) is 18.1 Å². The van der Waals surface area contributed by atoms with Crippen LogP contribution in [0.25, 0.3) is 33.2 Å². The van der Waals surface area contributed by atoms with E-state index in [1.807, 2.05) is 68.4 Å². The Bertz CT molecular complexity index is 1170. The van der Waals surface area contributed by atoms with Crippen molar-refractivity contribution in [1.82, 2.24) is 0 Å². The molecule has 30 heavy (non-hydrogen) atoms. The Balaban J connectivity index is 2.04. The Morgan fingerprint density at radius 2 is 1.40 bits per heavy atom. The number of methoxy groups -OCH3 is 2. The van der Waals surface area contributed by atoms with Crippen LogP contribution < -0.4 is 14.2 Å². The molecule has 0 aliphatic carbocycles. The predicted molar refractivity (Wildman–Crippen MR) is 121 cm³/mol. The smallest absolute Gasteiger partial charge is 0.368 e. The summed E-state index contributed by atoms with van der Waals surface area (Å²) >= 11 is 0. The van der Waals surface area contributed by atoms with Gasteiger partial charge in [0.25, 0.3) is 0 Å². The number of rotatable bonds is 6. The highest BCUT2D eigenvalue weighted by atomic mass is 16.5. The van der Waals surface area contributed by atoms with Crippen molar-refractivity contribution in [3.05, 3.63) is 72.5 Å². The van der Waals surface area contributed by atoms with E-state index >= 15 is 0 Å². The molecular formula is C26H25O4+. The fourth-order valence-corrected chi connectivity index (χ4v) is 3.72. The van der Waals surface area contributed by atoms with Crippen molar-refractivity contribution in [3.63, 3.8) is 0 Å². The van der Waals surface area contributed by atoms with Crippen molar-refractivity contribution in [1.29, 1.82) is 0 Å². The van der Waals surface area contributed by atoms with Crippen LogP contribution in [0.1, 0.15) is 12.7 Å². The molecule has 0 bridgehead atoms. The Morgan fingerprint density at radius 3 is 2.00 bits per heavy atom. The first-order valence-electron chi connectivity index (χ1n) is 9.97. The van der Waals surface area contributed by atoms with Gasteiger partial charge in [-0.2, -0.15) is 0 Å². The fraction of sp³-hybridized carbons (Fsp3) is 0.192. The molecule has 0 fully saturated rings. The molecule has 152 valence electrons. The average molecular weight is 401 g/mol. The topological polar surface area (TPSA) is 39.0 Å². The zero-order chi connectivity index (χ0) is 21.1. The van der Waals surface area contributed by atoms with E-state index in [-0.39, 0.29) is 0 Å². The van der Waals surface area contributed by atoms with Gasteiger partial charge in [0, 0.05) is 11.5 Å². The molecule has 1 aromatic heterocycles. The van der Waals surface area contributed by atoms with Gasteiger partial charge in [-0.25, -0.2) is 4.42 Å². The molecule has 0 aliphatic heterocycles. The minimum atomic E-state index is 0.635. The summed E-state index contributed by atoms with van der Waals surface area (Å²) in [6.45, 7) is 4.59. The van der Waals surface area contributed by atoms with Crippen LogP contribution in [-0.2, 0) is 0 Å². The zero-order valence-corrected chi connectivity index (χ0v) is 17.7. The van der Waals surface area contributed by atoms with Crippen molar-refractivity contribution in [2.45, 2.75) is 13.8 Å². The normalized spacial score (nSPS) is 10.8. The summed E-state index contributed by atoms with van der Waals surface area (Å²) in [5.41, 5.74) is 3.07. The van der Waals surface area contributed by atoms with E-state index in [1.165, 1.54) is 0 Å². The molecule has 1 heterocycles. The lowest BCUT2D eigenvalue weighted by Gasteiger charge is -2.12. The molecule has 4 rings (SSSR count). The molecule has 0 radical (unpaired) electrons. The summed E-state index contributed by atoms with van der Waals surface area (Å²) in [7, 11) is 3.29. The molecular weight excluding hydrogens is 376 g/mol. The van der Waals surface area contributed by atoms with Gasteiger partial charge < -0.3 is 14.2 Å². The molecule has 4 nitrogen and oxygen atoms in total. The van der Waals surface area contributed by atoms with Crippen LogP contribution in [0.3, 0.4) is 0 Å². The summed E-state index contributed by atoms with van der Waals surface area (Å²) in [5, 5.41) is 2.03. The molecule has 0 amide bonds. The standard InChI is InChI=1S/C26H25O4/c1-5-29-20-13-11-19(12-14-20)26-25(18-9-7-6-8-10-18)22-16-24(28-4)23(27-3)15-21(22)17(2)30-26/h6-16H,5H2,1-4H3/q+1. The third-order valence-corrected chi connectivity index (χ3v) is 5.14. The number of aryl methyl sites for hydroxylation is 1. The molecule has 4 aromatic rings. The van der Waals surface area contributed by atoms with Crippen LogP contribution in [0.15, 0.2) is 71.1 Å². The number of hydrogen-bond donors (Lipinski definition) is 0. The third kappa shape index (κ3) is 3.57. The molecule has 0 saturated carbocycles. The molecule has 0 spiro atoms. The van der Waals surface area contributed by atoms with E-state index in [4.69, 9.17) is 18.6 Å². The number of fused-ring (bicyclic) bond motifs is 1. The van der Waals surface area contributed by atoms with Crippen LogP contribution in [0.2, 0.25) is 0 Å². The van der Waals surface area contributed by atoms with Crippen LogP contribution in [0.4, 0.5) is 0 Å². The maximum Gasteiger partial charge on any atom is 0.368 e. The van der Waals surface area contributed by atoms with E-state index in [0.717, 1.165) is 44.7 Å². The van der Waals surface area contributed by atoms with E-state index in [9.17, 15) is 0 Å². The minimum Gasteiger partial charge on any atom is -0.494 e. The van der Waals surface area contributed by atoms with Gasteiger partial charge in [0.15, 0.2) is 11.5 Å². The van der Waals surface area contributed by atoms with E-state index in [2.05, 4.69) is 12.1 Å². The van der Waals surface area contributed by atoms with Crippen LogP contribution in [0, 0.1) is 6.92 Å². The van der Waals surface area contributed by atoms with Gasteiger partial charge in [0.2, 0.25) is 0 Å². The summed E-state index contributed by atoms with van der Waals surface area (Å²) in [5.74, 6) is 3.82. The van der Waals surface area contributed by atoms with Gasteiger partial charge in [-0.3, -0.25) is 0 Å². The highest BCUT2D eigenvalue weighted by Gasteiger charge is 2.27. The second-order valence-electron chi connectivity index (χ2n) is 6.94. The SMILES string of the molecule is CCOc1ccc(-c2[o+]c(C)c3cc(OC)c(OC)cc3c2-c2ccccc2)cc1. The second-order valence-corrected chi connectivity index (χ2v) is 6.94. The zero-order valence-electron chi connectivity index (χ0n) is 17.7. The van der Waals surface area contributed by atoms with Gasteiger partial charge in [-0.1, -0.05) is 30.3 Å². The van der Waals surface area contributed by atoms with Crippen molar-refractivity contribution in [2.24, 2.45) is 0 Å². The van der Waals surface area contributed by atoms with Gasteiger partial charge in [0.1, 0.15) is 5.75 Å². The lowest BCUT2D eigenvalue weighted by molar-refractivity contribution is 0.340. The van der Waals surface area contributed by atoms with Crippen molar-refractivity contribution in [2.75, 3.05) is 20.8 Å². The molecule has 0 saturated heterocycles. The highest BCUT2D eigenvalue weighted by Crippen LogP contribution is 2.43. The first-order valence-corrected chi connectivity index (χ1v) is 9.97. The maximum absolute atomic E-state index is 6.40. The third-order valence-electron chi connectivity index (χ3n) is 5.14. The molecule has 3 aromatic carbocycles. The second kappa shape index (κ2) is 8.46. The first kappa shape index (κ1) is 19.8. The summed E-state index contributed by atoms with van der Waals surface area (Å²) in [6, 6.07) is 22.3. The van der Waals surface area contributed by atoms with Gasteiger partial charge >= 0.3 is 11.5 Å². The van der Waals surface area contributed by atoms with Gasteiger partial charge in [-0.15, -0.1) is 0 Å². The number of ether oxygens (including phenoxy) is 3. The minimum absolute atomic E-state index is 0.635. The number of hydrogen-bond acceptors (Lipinski definition) is 3. The fourth-order valence-electron chi connectivity index (χ4n) is 3.72. The molecule has 0 unspecified atom stereocenters. The number of benzene rings is 3. The Hall–Kier alpha value is -3.53. The predicted octanol–water partition coefficient (Wildman–Crippen LogP) is 6.77. The summed E-state index contributed by atoms with van der Waals surface area (Å²) in [4.78, 5) is 0. The van der Waals surface area contributed by atoms with Crippen LogP contribution in [0.5, 0.6) is 17.2 Å². The Kier molecular flexibility index (Phi) is 5.57. The van der Waals surface area contributed by atoms with Crippen molar-refractivity contribution in [3.8, 4) is 39.7 Å². The highest BCUT2D eigenvalue weighted by molar-refractivity contribution is 6.04. The van der Waals surface area contributed by atoms with Gasteiger partial charge in [-0.05, 0) is 42.8 Å². The maximum atomic E-state index is 6.40. The monoisotopic (exact) mass is 401 g/mol. The lowest BCUT2D eigenvalue weighted by Crippen LogP contribution is -1.95. The van der Waals surface area contributed by atoms with Gasteiger partial charge in [0.05, 0.1) is 44.3 Å². The van der Waals surface area contributed by atoms with Crippen LogP contribution in [-0.4, -0.2) is 20.8 Å². The Morgan fingerprint density at radius 1 is 0.767 bits per heavy atom. The van der Waals surface area contributed by atoms with Crippen molar-refractivity contribution >= 4 is 10.8 Å². The van der Waals surface area contributed by atoms with Crippen molar-refractivity contribution < 1.29 is 18.6 Å². The lowest BCUT2D eigenvalue weighted by atomic mass is 9.94. The molecule has 4 heteroatoms. The summed E-state index contributed by atoms with van der Waals surface area (Å²) < 4.78 is 23.1. The quantitative estimate of drug-likeness (QED) is 0.334. The van der Waals surface area contributed by atoms with E-state index < -0.39 is 0 Å². The first-order chi connectivity index (χ1) is 14.7. The molecule has 0 N–H and O–H groups in total. The molecule has 0 atom stereocenters. The largest absolute Gasteiger partial charge is 0.494 e. The van der Waals surface area contributed by atoms with E-state index in [1.54, 1.807) is 14.2 Å². The average Bonchev–Trinajstić information content (AvgIpc) is 2.79. The van der Waals surface area contributed by atoms with Crippen LogP contribution >= 0.6 is 0 Å².